The van der Waals surface area contributed by atoms with Gasteiger partial charge in [-0.15, -0.1) is 0 Å². The number of aliphatic hydroxyl groups excluding tert-OH is 1. The van der Waals surface area contributed by atoms with Crippen molar-refractivity contribution >= 4 is 12.3 Å². The smallest absolute Gasteiger partial charge is 0.416 e. The summed E-state index contributed by atoms with van der Waals surface area (Å²) in [7, 11) is 1.39. The molecule has 0 saturated heterocycles. The molecule has 0 heterocycles. The Morgan fingerprint density at radius 3 is 2.24 bits per heavy atom. The fraction of sp³-hybridized carbons (Fsp3) is 0.600. The Morgan fingerprint density at radius 1 is 1.21 bits per heavy atom. The van der Waals surface area contributed by atoms with Crippen molar-refractivity contribution in [1.82, 2.24) is 5.32 Å². The lowest BCUT2D eigenvalue weighted by atomic mass is 9.98. The van der Waals surface area contributed by atoms with Crippen LogP contribution in [0.25, 0.3) is 0 Å². The molecular formula is C25H39F3N2O3. The molecule has 1 saturated carbocycles. The molecular weight excluding hydrogens is 433 g/mol. The summed E-state index contributed by atoms with van der Waals surface area (Å²) in [5, 5.41) is 11.3. The summed E-state index contributed by atoms with van der Waals surface area (Å²) < 4.78 is 45.0. The molecule has 0 atom stereocenters. The number of carbonyl (C=O) groups excluding carboxylic acids is 1. The van der Waals surface area contributed by atoms with Gasteiger partial charge in [0, 0.05) is 5.57 Å². The summed E-state index contributed by atoms with van der Waals surface area (Å²) in [6, 6.07) is 0. The lowest BCUT2D eigenvalue weighted by Crippen LogP contribution is -2.23. The summed E-state index contributed by atoms with van der Waals surface area (Å²) in [6.07, 6.45) is 8.28. The molecule has 1 amide bonds. The lowest BCUT2D eigenvalue weighted by Gasteiger charge is -2.14. The first-order valence-corrected chi connectivity index (χ1v) is 11.4. The van der Waals surface area contributed by atoms with Crippen LogP contribution in [0, 0.1) is 0 Å². The van der Waals surface area contributed by atoms with Crippen molar-refractivity contribution in [1.29, 1.82) is 0 Å². The van der Waals surface area contributed by atoms with Crippen LogP contribution in [0.2, 0.25) is 0 Å². The van der Waals surface area contributed by atoms with Crippen molar-refractivity contribution < 1.29 is 27.8 Å². The molecule has 1 rings (SSSR count). The minimum Gasteiger partial charge on any atom is -0.483 e. The van der Waals surface area contributed by atoms with Crippen LogP contribution < -0.4 is 5.32 Å². The topological polar surface area (TPSA) is 70.9 Å². The molecule has 33 heavy (non-hydrogen) atoms. The number of nitrogens with zero attached hydrogens (tertiary/aromatic N) is 1. The highest BCUT2D eigenvalue weighted by atomic mass is 19.4. The van der Waals surface area contributed by atoms with Crippen LogP contribution in [0.15, 0.2) is 51.7 Å². The average Bonchev–Trinajstić information content (AvgIpc) is 2.78. The van der Waals surface area contributed by atoms with E-state index >= 15 is 0 Å². The maximum absolute atomic E-state index is 13.3. The minimum absolute atomic E-state index is 0.0359. The first kappa shape index (κ1) is 30.6. The third-order valence-electron chi connectivity index (χ3n) is 5.00. The molecule has 188 valence electrons. The zero-order chi connectivity index (χ0) is 25.3. The van der Waals surface area contributed by atoms with Gasteiger partial charge in [0.1, 0.15) is 0 Å². The minimum atomic E-state index is -4.46. The summed E-state index contributed by atoms with van der Waals surface area (Å²) in [5.74, 6) is 0.198. The Kier molecular flexibility index (Phi) is 15.9. The zero-order valence-corrected chi connectivity index (χ0v) is 20.5. The number of aliphatic hydroxyl groups is 1. The van der Waals surface area contributed by atoms with Crippen LogP contribution in [-0.4, -0.2) is 43.3 Å². The average molecular weight is 473 g/mol. The normalized spacial score (nSPS) is 17.3. The van der Waals surface area contributed by atoms with Gasteiger partial charge in [0.05, 0.1) is 31.0 Å². The number of halogens is 3. The van der Waals surface area contributed by atoms with Crippen molar-refractivity contribution in [2.75, 3.05) is 13.7 Å². The second kappa shape index (κ2) is 17.2. The number of alkyl halides is 3. The van der Waals surface area contributed by atoms with Crippen molar-refractivity contribution in [3.05, 3.63) is 46.7 Å². The third-order valence-corrected chi connectivity index (χ3v) is 5.00. The van der Waals surface area contributed by atoms with E-state index in [0.29, 0.717) is 24.1 Å². The van der Waals surface area contributed by atoms with Crippen LogP contribution in [0.4, 0.5) is 13.2 Å². The van der Waals surface area contributed by atoms with E-state index in [9.17, 15) is 18.0 Å². The highest BCUT2D eigenvalue weighted by molar-refractivity contribution is 5.81. The van der Waals surface area contributed by atoms with Crippen molar-refractivity contribution in [2.24, 2.45) is 4.99 Å². The van der Waals surface area contributed by atoms with E-state index in [1.807, 2.05) is 6.92 Å². The highest BCUT2D eigenvalue weighted by Crippen LogP contribution is 2.31. The molecule has 1 aliphatic carbocycles. The molecule has 8 heteroatoms. The van der Waals surface area contributed by atoms with Crippen molar-refractivity contribution in [3.8, 4) is 0 Å². The highest BCUT2D eigenvalue weighted by Gasteiger charge is 2.32. The first-order chi connectivity index (χ1) is 15.6. The summed E-state index contributed by atoms with van der Waals surface area (Å²) >= 11 is 0. The number of rotatable bonds is 9. The van der Waals surface area contributed by atoms with E-state index < -0.39 is 11.7 Å². The molecule has 2 N–H and O–H groups in total. The van der Waals surface area contributed by atoms with Gasteiger partial charge < -0.3 is 15.2 Å². The Balaban J connectivity index is 0.00000123. The van der Waals surface area contributed by atoms with Gasteiger partial charge in [-0.1, -0.05) is 51.3 Å². The van der Waals surface area contributed by atoms with Crippen LogP contribution >= 0.6 is 0 Å². The van der Waals surface area contributed by atoms with E-state index in [-0.39, 0.29) is 25.0 Å². The Hall–Kier alpha value is -2.35. The molecule has 0 bridgehead atoms. The number of aliphatic imine (C=N–C) groups is 1. The molecule has 0 aromatic heterocycles. The molecule has 1 fully saturated rings. The van der Waals surface area contributed by atoms with Gasteiger partial charge in [-0.05, 0) is 51.2 Å². The van der Waals surface area contributed by atoms with Gasteiger partial charge in [0.15, 0.2) is 0 Å². The molecule has 5 nitrogen and oxygen atoms in total. The second-order valence-electron chi connectivity index (χ2n) is 7.65. The molecule has 1 aliphatic rings. The standard InChI is InChI=1S/C19H27F3N2O2.C6H12O/c1-6-9-15(11-16(10-7-2)19(20,21)22)18(14(4)8-3)24-17(26-5)12-23-13-25;7-6-4-2-1-3-5-6/h6,9-11,13H,7-8,12H2,1-5H3,(H,23,25);6-7H,1-5H2/b9-6-,15-11+,16-10-,18-14?,24-17?;. The number of nitrogens with one attached hydrogen (secondary N) is 1. The van der Waals surface area contributed by atoms with Gasteiger partial charge in [-0.2, -0.15) is 13.2 Å². The lowest BCUT2D eigenvalue weighted by molar-refractivity contribution is -0.109. The van der Waals surface area contributed by atoms with Crippen LogP contribution in [-0.2, 0) is 9.53 Å². The zero-order valence-electron chi connectivity index (χ0n) is 20.5. The predicted molar refractivity (Wildman–Crippen MR) is 128 cm³/mol. The number of amides is 1. The van der Waals surface area contributed by atoms with Crippen LogP contribution in [0.3, 0.4) is 0 Å². The van der Waals surface area contributed by atoms with E-state index in [1.165, 1.54) is 26.4 Å². The number of carbonyl (C=O) groups is 1. The summed E-state index contributed by atoms with van der Waals surface area (Å²) in [4.78, 5) is 14.8. The largest absolute Gasteiger partial charge is 0.483 e. The van der Waals surface area contributed by atoms with Crippen molar-refractivity contribution in [3.63, 3.8) is 0 Å². The Labute approximate surface area is 196 Å². The predicted octanol–water partition coefficient (Wildman–Crippen LogP) is 6.17. The van der Waals surface area contributed by atoms with Gasteiger partial charge in [-0.25, -0.2) is 4.99 Å². The quantitative estimate of drug-likeness (QED) is 0.182. The van der Waals surface area contributed by atoms with Gasteiger partial charge >= 0.3 is 6.18 Å². The fourth-order valence-corrected chi connectivity index (χ4v) is 3.08. The molecule has 0 aromatic carbocycles. The molecule has 0 aromatic rings. The molecule has 0 radical (unpaired) electrons. The molecule has 0 aliphatic heterocycles. The van der Waals surface area contributed by atoms with E-state index in [1.54, 1.807) is 32.9 Å². The van der Waals surface area contributed by atoms with Crippen LogP contribution in [0.1, 0.15) is 72.6 Å². The summed E-state index contributed by atoms with van der Waals surface area (Å²) in [5.41, 5.74) is 0.786. The second-order valence-corrected chi connectivity index (χ2v) is 7.65. The maximum atomic E-state index is 13.3. The number of hydrogen-bond donors (Lipinski definition) is 2. The number of hydrogen-bond acceptors (Lipinski definition) is 4. The van der Waals surface area contributed by atoms with E-state index in [2.05, 4.69) is 10.3 Å². The third kappa shape index (κ3) is 13.1. The van der Waals surface area contributed by atoms with Gasteiger partial charge in [0.2, 0.25) is 12.3 Å². The van der Waals surface area contributed by atoms with E-state index in [0.717, 1.165) is 30.6 Å². The number of allylic oxidation sites excluding steroid dienone is 6. The monoisotopic (exact) mass is 472 g/mol. The SMILES string of the molecule is C\C=C/C(=C\C(=C\CC)C(F)(F)F)C(N=C(CNC=O)OC)=C(C)CC.OC1CCCCC1. The molecule has 0 unspecified atom stereocenters. The maximum Gasteiger partial charge on any atom is 0.416 e. The Bertz CT molecular complexity index is 730. The van der Waals surface area contributed by atoms with E-state index in [4.69, 9.17) is 9.84 Å². The Morgan fingerprint density at radius 2 is 1.85 bits per heavy atom. The first-order valence-electron chi connectivity index (χ1n) is 11.4. The molecule has 0 spiro atoms. The van der Waals surface area contributed by atoms with Gasteiger partial charge in [0.25, 0.3) is 0 Å². The number of methoxy groups -OCH3 is 1. The fourth-order valence-electron chi connectivity index (χ4n) is 3.08. The number of ether oxygens (including phenoxy) is 1. The van der Waals surface area contributed by atoms with Crippen LogP contribution in [0.5, 0.6) is 0 Å². The van der Waals surface area contributed by atoms with Gasteiger partial charge in [-0.3, -0.25) is 4.79 Å². The summed E-state index contributed by atoms with van der Waals surface area (Å²) in [6.45, 7) is 7.10. The van der Waals surface area contributed by atoms with Crippen molar-refractivity contribution in [2.45, 2.75) is 84.9 Å².